The zero-order valence-corrected chi connectivity index (χ0v) is 29.9. The third kappa shape index (κ3) is 8.10. The van der Waals surface area contributed by atoms with E-state index in [4.69, 9.17) is 4.74 Å². The molecule has 50 heavy (non-hydrogen) atoms. The van der Waals surface area contributed by atoms with Crippen molar-refractivity contribution >= 4 is 37.8 Å². The second-order valence-electron chi connectivity index (χ2n) is 12.0. The Morgan fingerprint density at radius 3 is 1.72 bits per heavy atom. The molecule has 9 nitrogen and oxygen atoms in total. The number of carbonyl (C=O) groups is 3. The normalized spacial score (nSPS) is 11.9. The zero-order valence-electron chi connectivity index (χ0n) is 27.7. The van der Waals surface area contributed by atoms with Gasteiger partial charge < -0.3 is 15.4 Å². The molecule has 5 aromatic carbocycles. The van der Waals surface area contributed by atoms with Gasteiger partial charge >= 0.3 is 6.09 Å². The maximum absolute atomic E-state index is 13.3. The van der Waals surface area contributed by atoms with Gasteiger partial charge in [0.1, 0.15) is 13.2 Å². The van der Waals surface area contributed by atoms with E-state index in [1.807, 2.05) is 116 Å². The number of amides is 3. The molecule has 1 aliphatic rings. The second kappa shape index (κ2) is 15.5. The van der Waals surface area contributed by atoms with Crippen molar-refractivity contribution in [2.24, 2.45) is 0 Å². The molecule has 0 saturated heterocycles. The van der Waals surface area contributed by atoms with Crippen LogP contribution in [0.5, 0.6) is 0 Å². The van der Waals surface area contributed by atoms with Crippen LogP contribution in [0.1, 0.15) is 55.7 Å². The number of aryl methyl sites for hydroxylation is 2. The standard InChI is InChI=1S/C39H35N3O6S.H3P/c1-25-11-15-27(16-12-25)37(28-17-13-26(2)14-18-28)41-38(44)29-19-21-30(22-20-29)49(46,47)42-36(43)23-40-39(45)48-24-35-33-9-5-3-7-31(33)32-8-4-6-10-34(32)35;/h3-22,35,37H,23-24H2,1-2H3,(H,40,45)(H,41,44)(H,42,43);1H3. The van der Waals surface area contributed by atoms with E-state index in [1.165, 1.54) is 24.3 Å². The molecule has 0 aromatic heterocycles. The highest BCUT2D eigenvalue weighted by atomic mass is 32.2. The van der Waals surface area contributed by atoms with Crippen molar-refractivity contribution in [1.29, 1.82) is 0 Å². The molecule has 5 aromatic rings. The molecule has 3 N–H and O–H groups in total. The SMILES string of the molecule is Cc1ccc(C(NC(=O)c2ccc(S(=O)(=O)NC(=O)CNC(=O)OCC3c4ccccc4-c4ccccc43)cc2)c2ccc(C)cc2)cc1.P. The maximum Gasteiger partial charge on any atom is 0.407 e. The Morgan fingerprint density at radius 2 is 1.20 bits per heavy atom. The number of fused-ring (bicyclic) bond motifs is 3. The smallest absolute Gasteiger partial charge is 0.407 e. The molecule has 3 amide bonds. The predicted molar refractivity (Wildman–Crippen MR) is 198 cm³/mol. The summed E-state index contributed by atoms with van der Waals surface area (Å²) in [6, 6.07) is 36.4. The first-order valence-corrected chi connectivity index (χ1v) is 17.3. The third-order valence-electron chi connectivity index (χ3n) is 8.51. The molecular formula is C39H38N3O6PS. The molecule has 0 spiro atoms. The number of hydrogen-bond donors (Lipinski definition) is 3. The summed E-state index contributed by atoms with van der Waals surface area (Å²) >= 11 is 0. The van der Waals surface area contributed by atoms with Gasteiger partial charge in [-0.1, -0.05) is 108 Å². The number of carbonyl (C=O) groups excluding carboxylic acids is 3. The second-order valence-corrected chi connectivity index (χ2v) is 13.6. The molecule has 1 atom stereocenters. The minimum absolute atomic E-state index is 0. The Morgan fingerprint density at radius 1 is 0.700 bits per heavy atom. The van der Waals surface area contributed by atoms with Gasteiger partial charge in [0.15, 0.2) is 0 Å². The highest BCUT2D eigenvalue weighted by molar-refractivity contribution is 7.90. The van der Waals surface area contributed by atoms with Crippen LogP contribution in [0.25, 0.3) is 11.1 Å². The minimum Gasteiger partial charge on any atom is -0.449 e. The van der Waals surface area contributed by atoms with Crippen LogP contribution in [0.15, 0.2) is 126 Å². The van der Waals surface area contributed by atoms with E-state index in [0.29, 0.717) is 0 Å². The molecule has 0 saturated carbocycles. The van der Waals surface area contributed by atoms with Crippen LogP contribution in [0.2, 0.25) is 0 Å². The van der Waals surface area contributed by atoms with Gasteiger partial charge in [0.05, 0.1) is 10.9 Å². The summed E-state index contributed by atoms with van der Waals surface area (Å²) in [5, 5.41) is 5.36. The molecule has 256 valence electrons. The van der Waals surface area contributed by atoms with E-state index in [9.17, 15) is 22.8 Å². The molecule has 1 unspecified atom stereocenters. The van der Waals surface area contributed by atoms with Crippen molar-refractivity contribution in [3.05, 3.63) is 160 Å². The number of nitrogens with one attached hydrogen (secondary N) is 3. The lowest BCUT2D eigenvalue weighted by Gasteiger charge is -2.20. The number of benzene rings is 5. The van der Waals surface area contributed by atoms with Crippen molar-refractivity contribution in [3.8, 4) is 11.1 Å². The summed E-state index contributed by atoms with van der Waals surface area (Å²) in [4.78, 5) is 38.0. The summed E-state index contributed by atoms with van der Waals surface area (Å²) < 4.78 is 33.2. The van der Waals surface area contributed by atoms with E-state index < -0.39 is 40.5 Å². The van der Waals surface area contributed by atoms with Crippen molar-refractivity contribution < 1.29 is 27.5 Å². The highest BCUT2D eigenvalue weighted by Gasteiger charge is 2.29. The summed E-state index contributed by atoms with van der Waals surface area (Å²) in [6.45, 7) is 3.41. The van der Waals surface area contributed by atoms with Gasteiger partial charge in [-0.3, -0.25) is 9.59 Å². The fourth-order valence-corrected chi connectivity index (χ4v) is 6.91. The Hall–Kier alpha value is -5.31. The van der Waals surface area contributed by atoms with Crippen LogP contribution in [0.3, 0.4) is 0 Å². The molecule has 11 heteroatoms. The van der Waals surface area contributed by atoms with E-state index in [-0.39, 0.29) is 32.9 Å². The van der Waals surface area contributed by atoms with Crippen molar-refractivity contribution in [3.63, 3.8) is 0 Å². The molecule has 0 bridgehead atoms. The van der Waals surface area contributed by atoms with Gasteiger partial charge in [-0.05, 0) is 71.5 Å². The lowest BCUT2D eigenvalue weighted by atomic mass is 9.96. The van der Waals surface area contributed by atoms with Gasteiger partial charge in [-0.15, -0.1) is 0 Å². The monoisotopic (exact) mass is 707 g/mol. The first kappa shape index (κ1) is 36.0. The van der Waals surface area contributed by atoms with Crippen LogP contribution >= 0.6 is 9.90 Å². The molecule has 6 rings (SSSR count). The average Bonchev–Trinajstić information content (AvgIpc) is 3.43. The Balaban J connectivity index is 0.00000486. The Labute approximate surface area is 295 Å². The molecule has 0 heterocycles. The number of rotatable bonds is 10. The highest BCUT2D eigenvalue weighted by Crippen LogP contribution is 2.44. The number of sulfonamides is 1. The first-order chi connectivity index (χ1) is 23.6. The van der Waals surface area contributed by atoms with Gasteiger partial charge in [0.2, 0.25) is 0 Å². The molecular weight excluding hydrogens is 669 g/mol. The van der Waals surface area contributed by atoms with Crippen molar-refractivity contribution in [2.75, 3.05) is 13.2 Å². The van der Waals surface area contributed by atoms with E-state index in [0.717, 1.165) is 44.5 Å². The summed E-state index contributed by atoms with van der Waals surface area (Å²) in [6.07, 6.45) is -0.848. The van der Waals surface area contributed by atoms with Crippen LogP contribution < -0.4 is 15.4 Å². The van der Waals surface area contributed by atoms with Crippen LogP contribution in [0.4, 0.5) is 4.79 Å². The molecule has 0 radical (unpaired) electrons. The number of alkyl carbamates (subject to hydrolysis) is 1. The fraction of sp³-hybridized carbons (Fsp3) is 0.154. The van der Waals surface area contributed by atoms with Gasteiger partial charge in [0, 0.05) is 11.5 Å². The molecule has 0 fully saturated rings. The Bertz CT molecular complexity index is 2030. The molecule has 0 aliphatic heterocycles. The Kier molecular flexibility index (Phi) is 11.1. The van der Waals surface area contributed by atoms with Gasteiger partial charge in [-0.2, -0.15) is 9.90 Å². The van der Waals surface area contributed by atoms with Crippen molar-refractivity contribution in [2.45, 2.75) is 30.7 Å². The fourth-order valence-electron chi connectivity index (χ4n) is 5.92. The summed E-state index contributed by atoms with van der Waals surface area (Å²) in [5.41, 5.74) is 8.48. The summed E-state index contributed by atoms with van der Waals surface area (Å²) in [7, 11) is -4.28. The first-order valence-electron chi connectivity index (χ1n) is 15.8. The van der Waals surface area contributed by atoms with E-state index in [1.54, 1.807) is 0 Å². The topological polar surface area (TPSA) is 131 Å². The van der Waals surface area contributed by atoms with Gasteiger partial charge in [-0.25, -0.2) is 17.9 Å². The van der Waals surface area contributed by atoms with E-state index >= 15 is 0 Å². The zero-order chi connectivity index (χ0) is 34.5. The largest absolute Gasteiger partial charge is 0.449 e. The predicted octanol–water partition coefficient (Wildman–Crippen LogP) is 6.22. The van der Waals surface area contributed by atoms with Gasteiger partial charge in [0.25, 0.3) is 21.8 Å². The maximum atomic E-state index is 13.3. The van der Waals surface area contributed by atoms with Crippen LogP contribution in [-0.4, -0.2) is 39.5 Å². The lowest BCUT2D eigenvalue weighted by molar-refractivity contribution is -0.118. The van der Waals surface area contributed by atoms with Crippen molar-refractivity contribution in [1.82, 2.24) is 15.4 Å². The quantitative estimate of drug-likeness (QED) is 0.148. The third-order valence-corrected chi connectivity index (χ3v) is 9.90. The van der Waals surface area contributed by atoms with Crippen LogP contribution in [0, 0.1) is 13.8 Å². The van der Waals surface area contributed by atoms with E-state index in [2.05, 4.69) is 10.6 Å². The lowest BCUT2D eigenvalue weighted by Crippen LogP contribution is -2.40. The summed E-state index contributed by atoms with van der Waals surface area (Å²) in [5.74, 6) is -1.51. The average molecular weight is 708 g/mol. The minimum atomic E-state index is -4.28. The van der Waals surface area contributed by atoms with Crippen LogP contribution in [-0.2, 0) is 19.6 Å². The number of hydrogen-bond acceptors (Lipinski definition) is 6. The molecule has 1 aliphatic carbocycles. The number of ether oxygens (including phenoxy) is 1.